The first-order valence-corrected chi connectivity index (χ1v) is 11.1. The lowest BCUT2D eigenvalue weighted by atomic mass is 10.1. The van der Waals surface area contributed by atoms with Crippen molar-refractivity contribution in [2.24, 2.45) is 0 Å². The highest BCUT2D eigenvalue weighted by atomic mass is 19.1. The van der Waals surface area contributed by atoms with Gasteiger partial charge in [-0.25, -0.2) is 4.39 Å². The Balaban J connectivity index is 1.62. The third-order valence-corrected chi connectivity index (χ3v) is 6.17. The van der Waals surface area contributed by atoms with Crippen molar-refractivity contribution < 1.29 is 9.13 Å². The predicted molar refractivity (Wildman–Crippen MR) is 129 cm³/mol. The molecule has 0 unspecified atom stereocenters. The molecular formula is C27H25FN4O. The lowest BCUT2D eigenvalue weighted by Gasteiger charge is -2.24. The number of aromatic nitrogens is 1. The number of piperidine rings is 1. The number of halogens is 1. The fourth-order valence-corrected chi connectivity index (χ4v) is 4.52. The molecule has 0 bridgehead atoms. The topological polar surface area (TPSA) is 62.0 Å². The molecule has 0 amide bonds. The normalized spacial score (nSPS) is 15.8. The van der Waals surface area contributed by atoms with E-state index in [2.05, 4.69) is 45.5 Å². The number of nitrogens with zero attached hydrogens (tertiary/aromatic N) is 2. The molecule has 0 saturated carbocycles. The van der Waals surface area contributed by atoms with Gasteiger partial charge in [-0.15, -0.1) is 0 Å². The molecule has 0 aliphatic carbocycles. The van der Waals surface area contributed by atoms with Crippen LogP contribution in [0.1, 0.15) is 18.4 Å². The molecule has 0 spiro atoms. The van der Waals surface area contributed by atoms with Gasteiger partial charge in [0.25, 0.3) is 0 Å². The van der Waals surface area contributed by atoms with E-state index in [1.165, 1.54) is 19.6 Å². The molecule has 1 saturated heterocycles. The van der Waals surface area contributed by atoms with E-state index in [9.17, 15) is 9.65 Å². The van der Waals surface area contributed by atoms with E-state index in [1.54, 1.807) is 18.2 Å². The van der Waals surface area contributed by atoms with Gasteiger partial charge in [-0.05, 0) is 86.1 Å². The average Bonchev–Trinajstić information content (AvgIpc) is 3.23. The number of rotatable bonds is 5. The van der Waals surface area contributed by atoms with Gasteiger partial charge in [0.15, 0.2) is 11.6 Å². The number of ether oxygens (including phenoxy) is 1. The van der Waals surface area contributed by atoms with Gasteiger partial charge in [0.1, 0.15) is 0 Å². The van der Waals surface area contributed by atoms with E-state index < -0.39 is 5.82 Å². The molecule has 1 aliphatic heterocycles. The molecule has 5 nitrogen and oxygen atoms in total. The predicted octanol–water partition coefficient (Wildman–Crippen LogP) is 5.48. The second-order valence-corrected chi connectivity index (χ2v) is 8.33. The molecule has 0 radical (unpaired) electrons. The smallest absolute Gasteiger partial charge is 0.165 e. The second kappa shape index (κ2) is 8.97. The molecule has 1 atom stereocenters. The zero-order chi connectivity index (χ0) is 22.8. The molecule has 2 N–H and O–H groups in total. The maximum absolute atomic E-state index is 14.6. The number of nitriles is 1. The summed E-state index contributed by atoms with van der Waals surface area (Å²) in [6.45, 7) is 2.03. The van der Waals surface area contributed by atoms with Gasteiger partial charge in [0.2, 0.25) is 0 Å². The monoisotopic (exact) mass is 440 g/mol. The lowest BCUT2D eigenvalue weighted by molar-refractivity contribution is 0.386. The van der Waals surface area contributed by atoms with E-state index in [1.807, 2.05) is 18.2 Å². The molecule has 6 heteroatoms. The highest BCUT2D eigenvalue weighted by molar-refractivity contribution is 5.91. The summed E-state index contributed by atoms with van der Waals surface area (Å²) < 4.78 is 21.8. The molecule has 1 aliphatic rings. The van der Waals surface area contributed by atoms with Crippen molar-refractivity contribution in [3.05, 3.63) is 78.1 Å². The Morgan fingerprint density at radius 3 is 2.64 bits per heavy atom. The number of methoxy groups -OCH3 is 1. The van der Waals surface area contributed by atoms with Crippen LogP contribution >= 0.6 is 0 Å². The molecule has 4 aromatic rings. The van der Waals surface area contributed by atoms with E-state index in [0.717, 1.165) is 53.0 Å². The van der Waals surface area contributed by atoms with Crippen LogP contribution in [0.25, 0.3) is 27.8 Å². The van der Waals surface area contributed by atoms with Gasteiger partial charge in [0.05, 0.1) is 30.0 Å². The Morgan fingerprint density at radius 2 is 1.94 bits per heavy atom. The van der Waals surface area contributed by atoms with Crippen LogP contribution in [0.15, 0.2) is 66.7 Å². The fourth-order valence-electron chi connectivity index (χ4n) is 4.52. The van der Waals surface area contributed by atoms with Crippen molar-refractivity contribution in [3.8, 4) is 28.8 Å². The number of anilines is 1. The molecule has 33 heavy (non-hydrogen) atoms. The first-order valence-electron chi connectivity index (χ1n) is 11.1. The third-order valence-electron chi connectivity index (χ3n) is 6.17. The van der Waals surface area contributed by atoms with Crippen molar-refractivity contribution in [3.63, 3.8) is 0 Å². The largest absolute Gasteiger partial charge is 0.494 e. The minimum atomic E-state index is -0.404. The van der Waals surface area contributed by atoms with Gasteiger partial charge in [-0.1, -0.05) is 0 Å². The summed E-state index contributed by atoms with van der Waals surface area (Å²) in [6, 6.07) is 23.4. The van der Waals surface area contributed by atoms with Crippen molar-refractivity contribution in [2.75, 3.05) is 25.5 Å². The van der Waals surface area contributed by atoms with E-state index in [4.69, 9.17) is 4.74 Å². The molecule has 1 fully saturated rings. The maximum Gasteiger partial charge on any atom is 0.165 e. The van der Waals surface area contributed by atoms with Gasteiger partial charge >= 0.3 is 0 Å². The van der Waals surface area contributed by atoms with Crippen LogP contribution < -0.4 is 15.4 Å². The van der Waals surface area contributed by atoms with Crippen LogP contribution in [0.2, 0.25) is 0 Å². The van der Waals surface area contributed by atoms with Crippen molar-refractivity contribution in [1.29, 1.82) is 5.26 Å². The number of hydrogen-bond acceptors (Lipinski definition) is 4. The standard InChI is InChI=1S/C27H25FN4O/c1-33-27-11-6-19(14-24(27)28)26-15-20-13-21(31-22-3-2-12-30-17-22)7-10-25(20)32(26)23-8-4-18(16-29)5-9-23/h4-11,13-15,22,30-31H,2-3,12,17H2,1H3/t22-/m0/s1. The summed E-state index contributed by atoms with van der Waals surface area (Å²) in [5, 5.41) is 17.3. The van der Waals surface area contributed by atoms with Crippen molar-refractivity contribution in [2.45, 2.75) is 18.9 Å². The van der Waals surface area contributed by atoms with E-state index in [-0.39, 0.29) is 5.75 Å². The van der Waals surface area contributed by atoms with Crippen LogP contribution in [-0.2, 0) is 0 Å². The minimum absolute atomic E-state index is 0.215. The summed E-state index contributed by atoms with van der Waals surface area (Å²) in [4.78, 5) is 0. The molecule has 3 aromatic carbocycles. The van der Waals surface area contributed by atoms with Crippen LogP contribution in [-0.4, -0.2) is 30.8 Å². The second-order valence-electron chi connectivity index (χ2n) is 8.33. The SMILES string of the molecule is COc1ccc(-c2cc3cc(N[C@H]4CCCNC4)ccc3n2-c2ccc(C#N)cc2)cc1F. The summed E-state index contributed by atoms with van der Waals surface area (Å²) in [6.07, 6.45) is 2.32. The molecule has 5 rings (SSSR count). The third kappa shape index (κ3) is 4.15. The highest BCUT2D eigenvalue weighted by Crippen LogP contribution is 2.35. The Kier molecular flexibility index (Phi) is 5.72. The summed E-state index contributed by atoms with van der Waals surface area (Å²) >= 11 is 0. The lowest BCUT2D eigenvalue weighted by Crippen LogP contribution is -2.38. The minimum Gasteiger partial charge on any atom is -0.494 e. The Labute approximate surface area is 192 Å². The zero-order valence-electron chi connectivity index (χ0n) is 18.4. The average molecular weight is 441 g/mol. The zero-order valence-corrected chi connectivity index (χ0v) is 18.4. The molecule has 166 valence electrons. The first kappa shape index (κ1) is 21.0. The van der Waals surface area contributed by atoms with Crippen LogP contribution in [0.5, 0.6) is 5.75 Å². The van der Waals surface area contributed by atoms with Gasteiger partial charge in [0, 0.05) is 34.9 Å². The Hall–Kier alpha value is -3.82. The highest BCUT2D eigenvalue weighted by Gasteiger charge is 2.17. The van der Waals surface area contributed by atoms with Crippen molar-refractivity contribution in [1.82, 2.24) is 9.88 Å². The van der Waals surface area contributed by atoms with Gasteiger partial charge < -0.3 is 19.9 Å². The number of nitrogens with one attached hydrogen (secondary N) is 2. The van der Waals surface area contributed by atoms with E-state index in [0.29, 0.717) is 11.6 Å². The summed E-state index contributed by atoms with van der Waals surface area (Å²) in [5.74, 6) is -0.189. The molecular weight excluding hydrogens is 415 g/mol. The summed E-state index contributed by atoms with van der Waals surface area (Å²) in [5.41, 5.74) is 5.21. The van der Waals surface area contributed by atoms with Crippen molar-refractivity contribution >= 4 is 16.6 Å². The van der Waals surface area contributed by atoms with Gasteiger partial charge in [-0.2, -0.15) is 5.26 Å². The Morgan fingerprint density at radius 1 is 1.09 bits per heavy atom. The molecule has 1 aromatic heterocycles. The fraction of sp³-hybridized carbons (Fsp3) is 0.222. The van der Waals surface area contributed by atoms with Crippen LogP contribution in [0.3, 0.4) is 0 Å². The number of fused-ring (bicyclic) bond motifs is 1. The van der Waals surface area contributed by atoms with Gasteiger partial charge in [-0.3, -0.25) is 0 Å². The van der Waals surface area contributed by atoms with Crippen LogP contribution in [0, 0.1) is 17.1 Å². The number of benzene rings is 3. The number of hydrogen-bond donors (Lipinski definition) is 2. The summed E-state index contributed by atoms with van der Waals surface area (Å²) in [7, 11) is 1.46. The van der Waals surface area contributed by atoms with Crippen LogP contribution in [0.4, 0.5) is 10.1 Å². The molecule has 2 heterocycles. The van der Waals surface area contributed by atoms with E-state index >= 15 is 0 Å². The maximum atomic E-state index is 14.6. The Bertz CT molecular complexity index is 1330. The first-order chi connectivity index (χ1) is 16.2. The quantitative estimate of drug-likeness (QED) is 0.431.